The van der Waals surface area contributed by atoms with E-state index in [0.29, 0.717) is 6.42 Å². The van der Waals surface area contributed by atoms with E-state index in [1.165, 1.54) is 0 Å². The van der Waals surface area contributed by atoms with Crippen LogP contribution in [-0.2, 0) is 4.74 Å². The van der Waals surface area contributed by atoms with Crippen molar-refractivity contribution >= 4 is 0 Å². The van der Waals surface area contributed by atoms with Gasteiger partial charge in [0.25, 0.3) is 0 Å². The van der Waals surface area contributed by atoms with Gasteiger partial charge in [0.15, 0.2) is 6.17 Å². The first kappa shape index (κ1) is 17.5. The Kier molecular flexibility index (Phi) is 7.66. The maximum Gasteiger partial charge on any atom is 0.389 e. The molecule has 0 saturated heterocycles. The number of hydrogen-bond donors (Lipinski definition) is 0. The summed E-state index contributed by atoms with van der Waals surface area (Å²) in [6.07, 6.45) is -11.8. The lowest BCUT2D eigenvalue weighted by molar-refractivity contribution is -0.274. The second-order valence-corrected chi connectivity index (χ2v) is 4.09. The van der Waals surface area contributed by atoms with Crippen LogP contribution in [-0.4, -0.2) is 25.1 Å². The first-order chi connectivity index (χ1) is 8.19. The van der Waals surface area contributed by atoms with Crippen LogP contribution in [0.5, 0.6) is 0 Å². The summed E-state index contributed by atoms with van der Waals surface area (Å²) >= 11 is 0. The summed E-state index contributed by atoms with van der Waals surface area (Å²) in [6, 6.07) is 0. The number of rotatable bonds is 9. The Morgan fingerprint density at radius 1 is 1.00 bits per heavy atom. The fourth-order valence-corrected chi connectivity index (χ4v) is 1.32. The zero-order valence-electron chi connectivity index (χ0n) is 10.2. The zero-order valence-corrected chi connectivity index (χ0v) is 10.2. The summed E-state index contributed by atoms with van der Waals surface area (Å²) in [7, 11) is 0. The number of halogens is 6. The molecule has 7 heteroatoms. The molecule has 0 aliphatic heterocycles. The summed E-state index contributed by atoms with van der Waals surface area (Å²) < 4.78 is 78.3. The highest BCUT2D eigenvalue weighted by atomic mass is 19.4. The van der Waals surface area contributed by atoms with E-state index in [1.807, 2.05) is 0 Å². The van der Waals surface area contributed by atoms with Crippen molar-refractivity contribution in [1.82, 2.24) is 0 Å². The van der Waals surface area contributed by atoms with E-state index >= 15 is 0 Å². The predicted molar refractivity (Wildman–Crippen MR) is 55.2 cm³/mol. The number of alkyl halides is 6. The third kappa shape index (κ3) is 8.60. The van der Waals surface area contributed by atoms with E-state index in [4.69, 9.17) is 0 Å². The van der Waals surface area contributed by atoms with E-state index in [1.54, 1.807) is 6.92 Å². The molecule has 0 radical (unpaired) electrons. The first-order valence-electron chi connectivity index (χ1n) is 5.91. The number of unbranched alkanes of at least 4 members (excludes halogenated alkanes) is 2. The van der Waals surface area contributed by atoms with E-state index in [9.17, 15) is 26.3 Å². The third-order valence-corrected chi connectivity index (χ3v) is 2.28. The molecule has 1 unspecified atom stereocenters. The molecular formula is C11H18F6O. The minimum Gasteiger partial charge on any atom is -0.318 e. The smallest absolute Gasteiger partial charge is 0.318 e. The standard InChI is InChI=1S/C11H18F6O/c1-2-8-18-11(16,17)9(12)6-4-3-5-7-10(13,14)15/h9H,2-8H2,1H3. The summed E-state index contributed by atoms with van der Waals surface area (Å²) in [5.74, 6) is 0. The van der Waals surface area contributed by atoms with Crippen LogP contribution in [0.4, 0.5) is 26.3 Å². The quantitative estimate of drug-likeness (QED) is 0.433. The van der Waals surface area contributed by atoms with Gasteiger partial charge in [0, 0.05) is 6.42 Å². The van der Waals surface area contributed by atoms with Gasteiger partial charge >= 0.3 is 12.3 Å². The van der Waals surface area contributed by atoms with Crippen molar-refractivity contribution in [1.29, 1.82) is 0 Å². The SMILES string of the molecule is CCCOC(F)(F)C(F)CCCCCC(F)(F)F. The molecule has 0 aromatic heterocycles. The Bertz CT molecular complexity index is 216. The largest absolute Gasteiger partial charge is 0.389 e. The molecule has 110 valence electrons. The molecule has 0 aliphatic carbocycles. The lowest BCUT2D eigenvalue weighted by atomic mass is 10.1. The highest BCUT2D eigenvalue weighted by molar-refractivity contribution is 4.67. The lowest BCUT2D eigenvalue weighted by Crippen LogP contribution is -2.33. The molecule has 0 aliphatic rings. The van der Waals surface area contributed by atoms with Crippen molar-refractivity contribution in [2.45, 2.75) is 63.9 Å². The Hall–Kier alpha value is -0.460. The van der Waals surface area contributed by atoms with Gasteiger partial charge in [-0.1, -0.05) is 19.8 Å². The highest BCUT2D eigenvalue weighted by Gasteiger charge is 2.40. The fourth-order valence-electron chi connectivity index (χ4n) is 1.32. The number of hydrogen-bond acceptors (Lipinski definition) is 1. The van der Waals surface area contributed by atoms with Gasteiger partial charge in [-0.2, -0.15) is 22.0 Å². The molecule has 0 bridgehead atoms. The molecule has 0 spiro atoms. The van der Waals surface area contributed by atoms with Gasteiger partial charge in [-0.05, 0) is 19.3 Å². The van der Waals surface area contributed by atoms with Gasteiger partial charge in [-0.15, -0.1) is 0 Å². The molecule has 0 heterocycles. The van der Waals surface area contributed by atoms with Crippen LogP contribution < -0.4 is 0 Å². The molecule has 0 rings (SSSR count). The highest BCUT2D eigenvalue weighted by Crippen LogP contribution is 2.28. The van der Waals surface area contributed by atoms with E-state index < -0.39 is 31.3 Å². The molecule has 1 nitrogen and oxygen atoms in total. The molecule has 0 aromatic carbocycles. The molecule has 1 atom stereocenters. The van der Waals surface area contributed by atoms with Crippen LogP contribution in [0.25, 0.3) is 0 Å². The predicted octanol–water partition coefficient (Wildman–Crippen LogP) is 4.86. The van der Waals surface area contributed by atoms with E-state index in [0.717, 1.165) is 0 Å². The second-order valence-electron chi connectivity index (χ2n) is 4.09. The van der Waals surface area contributed by atoms with Crippen molar-refractivity contribution in [3.63, 3.8) is 0 Å². The van der Waals surface area contributed by atoms with Crippen molar-refractivity contribution in [2.75, 3.05) is 6.61 Å². The van der Waals surface area contributed by atoms with Crippen LogP contribution in [0, 0.1) is 0 Å². The minimum absolute atomic E-state index is 0.0116. The van der Waals surface area contributed by atoms with E-state index in [2.05, 4.69) is 4.74 Å². The van der Waals surface area contributed by atoms with Gasteiger partial charge in [0.2, 0.25) is 0 Å². The second kappa shape index (κ2) is 7.86. The Balaban J connectivity index is 3.72. The van der Waals surface area contributed by atoms with Crippen molar-refractivity contribution in [3.05, 3.63) is 0 Å². The van der Waals surface area contributed by atoms with Crippen LogP contribution in [0.3, 0.4) is 0 Å². The minimum atomic E-state index is -4.25. The third-order valence-electron chi connectivity index (χ3n) is 2.28. The van der Waals surface area contributed by atoms with Gasteiger partial charge in [0.1, 0.15) is 0 Å². The monoisotopic (exact) mass is 280 g/mol. The normalized spacial score (nSPS) is 14.8. The average molecular weight is 280 g/mol. The number of ether oxygens (including phenoxy) is 1. The molecule has 0 aromatic rings. The summed E-state index contributed by atoms with van der Waals surface area (Å²) in [5.41, 5.74) is 0. The fraction of sp³-hybridized carbons (Fsp3) is 1.00. The Morgan fingerprint density at radius 2 is 1.61 bits per heavy atom. The van der Waals surface area contributed by atoms with Crippen molar-refractivity contribution in [2.24, 2.45) is 0 Å². The van der Waals surface area contributed by atoms with Crippen molar-refractivity contribution in [3.8, 4) is 0 Å². The van der Waals surface area contributed by atoms with Crippen LogP contribution in [0.1, 0.15) is 45.4 Å². The zero-order chi connectivity index (χ0) is 14.2. The average Bonchev–Trinajstić information content (AvgIpc) is 2.24. The maximum atomic E-state index is 13.1. The summed E-state index contributed by atoms with van der Waals surface area (Å²) in [4.78, 5) is 0. The summed E-state index contributed by atoms with van der Waals surface area (Å²) in [6.45, 7) is 1.36. The molecule has 0 fully saturated rings. The van der Waals surface area contributed by atoms with Gasteiger partial charge in [-0.3, -0.25) is 0 Å². The molecule has 0 amide bonds. The first-order valence-corrected chi connectivity index (χ1v) is 5.91. The lowest BCUT2D eigenvalue weighted by Gasteiger charge is -2.20. The van der Waals surface area contributed by atoms with Crippen LogP contribution in [0.15, 0.2) is 0 Å². The van der Waals surface area contributed by atoms with Crippen LogP contribution in [0.2, 0.25) is 0 Å². The van der Waals surface area contributed by atoms with Gasteiger partial charge in [0.05, 0.1) is 6.61 Å². The molecular weight excluding hydrogens is 262 g/mol. The molecule has 0 N–H and O–H groups in total. The van der Waals surface area contributed by atoms with Gasteiger partial charge in [-0.25, -0.2) is 4.39 Å². The van der Waals surface area contributed by atoms with Crippen molar-refractivity contribution < 1.29 is 31.1 Å². The van der Waals surface area contributed by atoms with E-state index in [-0.39, 0.29) is 25.9 Å². The van der Waals surface area contributed by atoms with Gasteiger partial charge < -0.3 is 4.74 Å². The Labute approximate surface area is 102 Å². The van der Waals surface area contributed by atoms with Crippen LogP contribution >= 0.6 is 0 Å². The topological polar surface area (TPSA) is 9.23 Å². The Morgan fingerprint density at radius 3 is 2.11 bits per heavy atom. The summed E-state index contributed by atoms with van der Waals surface area (Å²) in [5, 5.41) is 0. The maximum absolute atomic E-state index is 13.1. The molecule has 0 saturated carbocycles. The molecule has 18 heavy (non-hydrogen) atoms.